The van der Waals surface area contributed by atoms with Gasteiger partial charge in [-0.25, -0.2) is 15.0 Å². The molecule has 1 aromatic carbocycles. The summed E-state index contributed by atoms with van der Waals surface area (Å²) in [6, 6.07) is 9.64. The molecule has 3 heterocycles. The van der Waals surface area contributed by atoms with Gasteiger partial charge in [-0.05, 0) is 19.1 Å². The van der Waals surface area contributed by atoms with Gasteiger partial charge in [-0.3, -0.25) is 9.36 Å². The van der Waals surface area contributed by atoms with E-state index >= 15 is 0 Å². The minimum absolute atomic E-state index is 0.00187. The molecule has 3 aromatic rings. The van der Waals surface area contributed by atoms with E-state index in [2.05, 4.69) is 19.9 Å². The van der Waals surface area contributed by atoms with Crippen molar-refractivity contribution in [2.24, 2.45) is 0 Å². The van der Waals surface area contributed by atoms with Crippen LogP contribution in [0.15, 0.2) is 55.4 Å². The van der Waals surface area contributed by atoms with Crippen LogP contribution >= 0.6 is 0 Å². The molecule has 0 radical (unpaired) electrons. The number of anilines is 1. The zero-order valence-corrected chi connectivity index (χ0v) is 15.7. The Morgan fingerprint density at radius 3 is 2.54 bits per heavy atom. The zero-order chi connectivity index (χ0) is 19.3. The summed E-state index contributed by atoms with van der Waals surface area (Å²) in [5.74, 6) is 2.34. The second-order valence-corrected chi connectivity index (χ2v) is 6.67. The van der Waals surface area contributed by atoms with Gasteiger partial charge >= 0.3 is 0 Å². The molecule has 8 nitrogen and oxygen atoms in total. The van der Waals surface area contributed by atoms with Gasteiger partial charge in [0.1, 0.15) is 30.0 Å². The number of carbonyl (C=O) groups excluding carboxylic acids is 1. The van der Waals surface area contributed by atoms with Gasteiger partial charge < -0.3 is 14.5 Å². The van der Waals surface area contributed by atoms with Crippen molar-refractivity contribution in [3.63, 3.8) is 0 Å². The monoisotopic (exact) mass is 378 g/mol. The van der Waals surface area contributed by atoms with Gasteiger partial charge in [0, 0.05) is 44.6 Å². The minimum atomic E-state index is 0.00187. The Labute approximate surface area is 163 Å². The van der Waals surface area contributed by atoms with Crippen molar-refractivity contribution < 1.29 is 9.53 Å². The van der Waals surface area contributed by atoms with E-state index in [-0.39, 0.29) is 12.5 Å². The summed E-state index contributed by atoms with van der Waals surface area (Å²) in [7, 11) is 0. The first kappa shape index (κ1) is 18.0. The number of piperazine rings is 1. The predicted octanol–water partition coefficient (Wildman–Crippen LogP) is 1.70. The third kappa shape index (κ3) is 4.11. The SMILES string of the molecule is Cc1ccc(OCC(=O)N2CCN(c3cc(-n4ccnc4)ncn3)CC2)cc1. The molecule has 1 fully saturated rings. The van der Waals surface area contributed by atoms with Crippen LogP contribution in [0.1, 0.15) is 5.56 Å². The van der Waals surface area contributed by atoms with E-state index in [0.717, 1.165) is 30.3 Å². The minimum Gasteiger partial charge on any atom is -0.484 e. The topological polar surface area (TPSA) is 76.4 Å². The molecule has 28 heavy (non-hydrogen) atoms. The molecule has 0 aliphatic carbocycles. The van der Waals surface area contributed by atoms with Crippen LogP contribution in [0.3, 0.4) is 0 Å². The van der Waals surface area contributed by atoms with Crippen molar-refractivity contribution in [3.8, 4) is 11.6 Å². The van der Waals surface area contributed by atoms with Crippen LogP contribution in [0.2, 0.25) is 0 Å². The summed E-state index contributed by atoms with van der Waals surface area (Å²) in [6.07, 6.45) is 6.82. The average molecular weight is 378 g/mol. The molecule has 0 unspecified atom stereocenters. The third-order valence-corrected chi connectivity index (χ3v) is 4.75. The molecule has 0 saturated carbocycles. The molecule has 1 saturated heterocycles. The lowest BCUT2D eigenvalue weighted by Gasteiger charge is -2.35. The van der Waals surface area contributed by atoms with Gasteiger partial charge in [0.05, 0.1) is 0 Å². The number of amides is 1. The van der Waals surface area contributed by atoms with Crippen molar-refractivity contribution in [3.05, 3.63) is 60.9 Å². The Morgan fingerprint density at radius 2 is 1.82 bits per heavy atom. The number of ether oxygens (including phenoxy) is 1. The highest BCUT2D eigenvalue weighted by atomic mass is 16.5. The standard InChI is InChI=1S/C20H22N6O2/c1-16-2-4-17(5-3-16)28-13-20(27)25-10-8-24(9-11-25)18-12-19(23-14-22-18)26-7-6-21-15-26/h2-7,12,14-15H,8-11,13H2,1H3. The van der Waals surface area contributed by atoms with E-state index in [1.165, 1.54) is 0 Å². The van der Waals surface area contributed by atoms with Crippen LogP contribution < -0.4 is 9.64 Å². The van der Waals surface area contributed by atoms with E-state index in [0.29, 0.717) is 18.8 Å². The predicted molar refractivity (Wildman–Crippen MR) is 105 cm³/mol. The first-order valence-corrected chi connectivity index (χ1v) is 9.21. The number of nitrogens with zero attached hydrogens (tertiary/aromatic N) is 6. The molecule has 8 heteroatoms. The smallest absolute Gasteiger partial charge is 0.260 e. The highest BCUT2D eigenvalue weighted by Gasteiger charge is 2.22. The molecule has 144 valence electrons. The van der Waals surface area contributed by atoms with Gasteiger partial charge in [-0.15, -0.1) is 0 Å². The molecule has 4 rings (SSSR count). The number of hydrogen-bond acceptors (Lipinski definition) is 6. The van der Waals surface area contributed by atoms with E-state index in [9.17, 15) is 4.79 Å². The molecule has 1 aliphatic rings. The van der Waals surface area contributed by atoms with E-state index in [4.69, 9.17) is 4.74 Å². The van der Waals surface area contributed by atoms with Crippen molar-refractivity contribution >= 4 is 11.7 Å². The van der Waals surface area contributed by atoms with Gasteiger partial charge in [0.15, 0.2) is 6.61 Å². The maximum absolute atomic E-state index is 12.4. The number of aromatic nitrogens is 4. The number of hydrogen-bond donors (Lipinski definition) is 0. The van der Waals surface area contributed by atoms with Gasteiger partial charge in [-0.2, -0.15) is 0 Å². The van der Waals surface area contributed by atoms with E-state index in [1.54, 1.807) is 18.9 Å². The van der Waals surface area contributed by atoms with E-state index < -0.39 is 0 Å². The Kier molecular flexibility index (Phi) is 5.18. The number of imidazole rings is 1. The summed E-state index contributed by atoms with van der Waals surface area (Å²) in [5.41, 5.74) is 1.16. The normalized spacial score (nSPS) is 14.2. The maximum Gasteiger partial charge on any atom is 0.260 e. The molecular formula is C20H22N6O2. The number of aryl methyl sites for hydroxylation is 1. The molecule has 0 bridgehead atoms. The van der Waals surface area contributed by atoms with E-state index in [1.807, 2.05) is 52.9 Å². The van der Waals surface area contributed by atoms with Gasteiger partial charge in [0.25, 0.3) is 5.91 Å². The summed E-state index contributed by atoms with van der Waals surface area (Å²) >= 11 is 0. The van der Waals surface area contributed by atoms with Crippen LogP contribution in [0, 0.1) is 6.92 Å². The Balaban J connectivity index is 1.31. The quantitative estimate of drug-likeness (QED) is 0.673. The van der Waals surface area contributed by atoms with Gasteiger partial charge in [0.2, 0.25) is 0 Å². The number of benzene rings is 1. The lowest BCUT2D eigenvalue weighted by atomic mass is 10.2. The summed E-state index contributed by atoms with van der Waals surface area (Å²) in [5, 5.41) is 0. The van der Waals surface area contributed by atoms with Crippen LogP contribution in [0.4, 0.5) is 5.82 Å². The first-order chi connectivity index (χ1) is 13.7. The summed E-state index contributed by atoms with van der Waals surface area (Å²) in [4.78, 5) is 29.1. The van der Waals surface area contributed by atoms with Crippen molar-refractivity contribution in [2.45, 2.75) is 6.92 Å². The fraction of sp³-hybridized carbons (Fsp3) is 0.300. The lowest BCUT2D eigenvalue weighted by Crippen LogP contribution is -2.50. The molecule has 0 spiro atoms. The van der Waals surface area contributed by atoms with Crippen LogP contribution in [0.5, 0.6) is 5.75 Å². The molecule has 1 amide bonds. The molecule has 2 aromatic heterocycles. The highest BCUT2D eigenvalue weighted by molar-refractivity contribution is 5.78. The van der Waals surface area contributed by atoms with Crippen LogP contribution in [-0.2, 0) is 4.79 Å². The third-order valence-electron chi connectivity index (χ3n) is 4.75. The summed E-state index contributed by atoms with van der Waals surface area (Å²) in [6.45, 7) is 4.79. The first-order valence-electron chi connectivity index (χ1n) is 9.21. The summed E-state index contributed by atoms with van der Waals surface area (Å²) < 4.78 is 7.45. The molecule has 0 atom stereocenters. The molecule has 1 aliphatic heterocycles. The zero-order valence-electron chi connectivity index (χ0n) is 15.7. The largest absolute Gasteiger partial charge is 0.484 e. The van der Waals surface area contributed by atoms with Crippen LogP contribution in [0.25, 0.3) is 5.82 Å². The Bertz CT molecular complexity index is 918. The second-order valence-electron chi connectivity index (χ2n) is 6.67. The fourth-order valence-electron chi connectivity index (χ4n) is 3.10. The Morgan fingerprint density at radius 1 is 1.07 bits per heavy atom. The molecular weight excluding hydrogens is 356 g/mol. The molecule has 0 N–H and O–H groups in total. The van der Waals surface area contributed by atoms with Crippen LogP contribution in [-0.4, -0.2) is 63.1 Å². The van der Waals surface area contributed by atoms with Crippen molar-refractivity contribution in [1.29, 1.82) is 0 Å². The maximum atomic E-state index is 12.4. The van der Waals surface area contributed by atoms with Crippen molar-refractivity contribution in [1.82, 2.24) is 24.4 Å². The van der Waals surface area contributed by atoms with Crippen molar-refractivity contribution in [2.75, 3.05) is 37.7 Å². The lowest BCUT2D eigenvalue weighted by molar-refractivity contribution is -0.133. The highest BCUT2D eigenvalue weighted by Crippen LogP contribution is 2.16. The number of carbonyl (C=O) groups is 1. The van der Waals surface area contributed by atoms with Gasteiger partial charge in [-0.1, -0.05) is 17.7 Å². The average Bonchev–Trinajstić information content (AvgIpc) is 3.28. The Hall–Kier alpha value is -3.42. The number of rotatable bonds is 5. The second kappa shape index (κ2) is 8.08. The fourth-order valence-corrected chi connectivity index (χ4v) is 3.10.